The lowest BCUT2D eigenvalue weighted by atomic mass is 9.91. The minimum absolute atomic E-state index is 0.264. The lowest BCUT2D eigenvalue weighted by molar-refractivity contribution is -0.870. The molecule has 0 spiro atoms. The zero-order valence-corrected chi connectivity index (χ0v) is 22.7. The summed E-state index contributed by atoms with van der Waals surface area (Å²) in [7, 11) is 6.52. The Balaban J connectivity index is 1.87. The van der Waals surface area contributed by atoms with Crippen molar-refractivity contribution >= 4 is 56.8 Å². The Bertz CT molecular complexity index is 1000. The van der Waals surface area contributed by atoms with Gasteiger partial charge in [-0.05, 0) is 62.1 Å². The monoisotopic (exact) mass is 554 g/mol. The summed E-state index contributed by atoms with van der Waals surface area (Å²) in [6, 6.07) is 12.3. The Morgan fingerprint density at radius 1 is 0.939 bits per heavy atom. The summed E-state index contributed by atoms with van der Waals surface area (Å²) in [5.74, 6) is -0.264. The highest BCUT2D eigenvalue weighted by Gasteiger charge is 2.54. The quantitative estimate of drug-likeness (QED) is 0.204. The van der Waals surface area contributed by atoms with E-state index >= 15 is 0 Å². The summed E-state index contributed by atoms with van der Waals surface area (Å²) >= 11 is 15.8. The van der Waals surface area contributed by atoms with Crippen molar-refractivity contribution in [2.24, 2.45) is 0 Å². The van der Waals surface area contributed by atoms with Gasteiger partial charge < -0.3 is 9.38 Å². The molecular weight excluding hydrogens is 525 g/mol. The van der Waals surface area contributed by atoms with E-state index in [1.807, 2.05) is 31.2 Å². The highest BCUT2D eigenvalue weighted by atomic mass is 79.9. The minimum atomic E-state index is -1.00. The Hall–Kier alpha value is -1.60. The maximum atomic E-state index is 13.7. The molecule has 33 heavy (non-hydrogen) atoms. The van der Waals surface area contributed by atoms with E-state index in [-0.39, 0.29) is 11.9 Å². The Morgan fingerprint density at radius 2 is 1.55 bits per heavy atom. The minimum Gasteiger partial charge on any atom is -0.331 e. The zero-order valence-electron chi connectivity index (χ0n) is 19.6. The van der Waals surface area contributed by atoms with Crippen LogP contribution in [0, 0.1) is 0 Å². The maximum absolute atomic E-state index is 13.7. The van der Waals surface area contributed by atoms with Gasteiger partial charge in [-0.3, -0.25) is 4.79 Å². The normalized spacial score (nSPS) is 19.0. The molecule has 3 amide bonds. The molecule has 178 valence electrons. The molecule has 1 fully saturated rings. The van der Waals surface area contributed by atoms with Crippen molar-refractivity contribution in [3.63, 3.8) is 0 Å². The molecule has 0 N–H and O–H groups in total. The summed E-state index contributed by atoms with van der Waals surface area (Å²) in [6.07, 6.45) is 3.31. The topological polar surface area (TPSA) is 40.6 Å². The van der Waals surface area contributed by atoms with Crippen molar-refractivity contribution in [2.75, 3.05) is 39.1 Å². The third-order valence-electron chi connectivity index (χ3n) is 5.96. The van der Waals surface area contributed by atoms with Gasteiger partial charge in [0.2, 0.25) is 0 Å². The number of carbonyl (C=O) groups excluding carboxylic acids is 2. The van der Waals surface area contributed by atoms with Crippen LogP contribution in [0.25, 0.3) is 0 Å². The average Bonchev–Trinajstić information content (AvgIpc) is 2.88. The first-order valence-corrected chi connectivity index (χ1v) is 12.6. The van der Waals surface area contributed by atoms with Gasteiger partial charge in [-0.15, -0.1) is 0 Å². The van der Waals surface area contributed by atoms with Gasteiger partial charge in [0.15, 0.2) is 0 Å². The van der Waals surface area contributed by atoms with Crippen LogP contribution in [0.1, 0.15) is 31.7 Å². The number of amides is 3. The molecule has 8 heteroatoms. The molecule has 0 saturated carbocycles. The summed E-state index contributed by atoms with van der Waals surface area (Å²) in [5, 5.41) is 0.762. The highest BCUT2D eigenvalue weighted by Crippen LogP contribution is 2.37. The van der Waals surface area contributed by atoms with E-state index in [0.29, 0.717) is 28.7 Å². The van der Waals surface area contributed by atoms with E-state index in [4.69, 9.17) is 23.2 Å². The van der Waals surface area contributed by atoms with E-state index < -0.39 is 5.54 Å². The van der Waals surface area contributed by atoms with Crippen molar-refractivity contribution in [3.8, 4) is 0 Å². The molecule has 2 aromatic carbocycles. The third-order valence-corrected chi connectivity index (χ3v) is 6.92. The molecule has 0 aromatic heterocycles. The molecule has 5 nitrogen and oxygen atoms in total. The van der Waals surface area contributed by atoms with Crippen molar-refractivity contribution in [1.29, 1.82) is 0 Å². The van der Waals surface area contributed by atoms with Crippen LogP contribution in [-0.4, -0.2) is 61.1 Å². The number of hydrogen-bond acceptors (Lipinski definition) is 2. The van der Waals surface area contributed by atoms with Gasteiger partial charge in [0.05, 0.1) is 33.4 Å². The number of anilines is 1. The molecule has 0 radical (unpaired) electrons. The van der Waals surface area contributed by atoms with Crippen LogP contribution >= 0.6 is 39.1 Å². The summed E-state index contributed by atoms with van der Waals surface area (Å²) in [5.41, 5.74) is 0.389. The standard InChI is InChI=1S/C25H31BrCl2N3O2/c1-25(17-18-8-10-19(26)11-9-18)23(32)30(22-15-20(27)14-21(28)16-22)24(33)29(25)12-6-5-7-13-31(2,3)4/h8-11,14-16H,5-7,12-13,17H2,1-4H3/q+1. The van der Waals surface area contributed by atoms with Gasteiger partial charge in [-0.1, -0.05) is 51.3 Å². The van der Waals surface area contributed by atoms with Crippen molar-refractivity contribution < 1.29 is 14.1 Å². The summed E-state index contributed by atoms with van der Waals surface area (Å²) < 4.78 is 1.88. The van der Waals surface area contributed by atoms with E-state index in [2.05, 4.69) is 37.1 Å². The molecular formula is C25H31BrCl2N3O2+. The predicted octanol–water partition coefficient (Wildman–Crippen LogP) is 6.40. The third kappa shape index (κ3) is 6.30. The number of nitrogens with zero attached hydrogens (tertiary/aromatic N) is 3. The van der Waals surface area contributed by atoms with Gasteiger partial charge in [-0.25, -0.2) is 9.69 Å². The Kier molecular flexibility index (Phi) is 8.15. The fourth-order valence-corrected chi connectivity index (χ4v) is 5.00. The van der Waals surface area contributed by atoms with E-state index in [9.17, 15) is 9.59 Å². The van der Waals surface area contributed by atoms with Crippen LogP contribution in [0.5, 0.6) is 0 Å². The van der Waals surface area contributed by atoms with Gasteiger partial charge in [-0.2, -0.15) is 0 Å². The zero-order chi connectivity index (χ0) is 24.4. The predicted molar refractivity (Wildman–Crippen MR) is 139 cm³/mol. The largest absolute Gasteiger partial charge is 0.332 e. The number of urea groups is 1. The van der Waals surface area contributed by atoms with Crippen LogP contribution in [0.15, 0.2) is 46.9 Å². The van der Waals surface area contributed by atoms with Crippen molar-refractivity contribution in [3.05, 3.63) is 62.5 Å². The van der Waals surface area contributed by atoms with Crippen LogP contribution in [0.3, 0.4) is 0 Å². The fraction of sp³-hybridized carbons (Fsp3) is 0.440. The number of quaternary nitrogens is 1. The summed E-state index contributed by atoms with van der Waals surface area (Å²) in [6.45, 7) is 3.43. The number of unbranched alkanes of at least 4 members (excludes halogenated alkanes) is 2. The average molecular weight is 556 g/mol. The molecule has 1 aliphatic rings. The first kappa shape index (κ1) is 26.0. The molecule has 1 heterocycles. The van der Waals surface area contributed by atoms with Crippen molar-refractivity contribution in [2.45, 2.75) is 38.1 Å². The molecule has 2 aromatic rings. The SMILES string of the molecule is CC1(Cc2ccc(Br)cc2)C(=O)N(c2cc(Cl)cc(Cl)c2)C(=O)N1CCCCC[N+](C)(C)C. The van der Waals surface area contributed by atoms with Crippen LogP contribution in [-0.2, 0) is 11.2 Å². The van der Waals surface area contributed by atoms with E-state index in [1.165, 1.54) is 4.90 Å². The number of halogens is 3. The second-order valence-electron chi connectivity index (χ2n) is 9.85. The van der Waals surface area contributed by atoms with Gasteiger partial charge in [0.25, 0.3) is 5.91 Å². The van der Waals surface area contributed by atoms with Crippen LogP contribution in [0.4, 0.5) is 10.5 Å². The van der Waals surface area contributed by atoms with Crippen LogP contribution in [0.2, 0.25) is 10.0 Å². The Labute approximate surface area is 215 Å². The molecule has 1 aliphatic heterocycles. The van der Waals surface area contributed by atoms with Crippen molar-refractivity contribution in [1.82, 2.24) is 4.90 Å². The molecule has 1 saturated heterocycles. The number of carbonyl (C=O) groups is 2. The molecule has 1 atom stereocenters. The Morgan fingerprint density at radius 3 is 2.12 bits per heavy atom. The first-order chi connectivity index (χ1) is 15.4. The number of rotatable bonds is 9. The van der Waals surface area contributed by atoms with E-state index in [0.717, 1.165) is 40.3 Å². The molecule has 0 aliphatic carbocycles. The molecule has 3 rings (SSSR count). The second-order valence-corrected chi connectivity index (χ2v) is 11.6. The fourth-order valence-electron chi connectivity index (χ4n) is 4.22. The number of benzene rings is 2. The molecule has 0 bridgehead atoms. The maximum Gasteiger partial charge on any atom is 0.332 e. The van der Waals surface area contributed by atoms with Gasteiger partial charge >= 0.3 is 6.03 Å². The number of hydrogen-bond donors (Lipinski definition) is 0. The lowest BCUT2D eigenvalue weighted by Crippen LogP contribution is -2.49. The molecule has 1 unspecified atom stereocenters. The van der Waals surface area contributed by atoms with E-state index in [1.54, 1.807) is 23.1 Å². The lowest BCUT2D eigenvalue weighted by Gasteiger charge is -2.32. The number of imide groups is 1. The highest BCUT2D eigenvalue weighted by molar-refractivity contribution is 9.10. The van der Waals surface area contributed by atoms with Crippen LogP contribution < -0.4 is 4.90 Å². The van der Waals surface area contributed by atoms with Gasteiger partial charge in [0.1, 0.15) is 5.54 Å². The van der Waals surface area contributed by atoms with Gasteiger partial charge in [0, 0.05) is 27.5 Å². The second kappa shape index (κ2) is 10.3. The smallest absolute Gasteiger partial charge is 0.331 e. The first-order valence-electron chi connectivity index (χ1n) is 11.1. The summed E-state index contributed by atoms with van der Waals surface area (Å²) in [4.78, 5) is 30.2.